The van der Waals surface area contributed by atoms with E-state index in [-0.39, 0.29) is 23.9 Å². The molecule has 150 valence electrons. The van der Waals surface area contributed by atoms with Crippen molar-refractivity contribution in [3.63, 3.8) is 0 Å². The first-order chi connectivity index (χ1) is 14.0. The standard InChI is InChI=1S/C23H26N4O2/c1-25-20-12-15(10-14-2-4-16-8-9-26-13-17(16)11-14)3-5-18(20)22(24)19-6-7-21(28)27-23(19)29/h2-5,11-12,19,24-26H,6-10,13H2,1H3,(H,27,28,29). The van der Waals surface area contributed by atoms with E-state index in [9.17, 15) is 9.59 Å². The van der Waals surface area contributed by atoms with Crippen LogP contribution in [-0.2, 0) is 29.0 Å². The number of amides is 2. The third-order valence-corrected chi connectivity index (χ3v) is 5.80. The molecule has 2 aromatic rings. The summed E-state index contributed by atoms with van der Waals surface area (Å²) in [6.07, 6.45) is 2.56. The summed E-state index contributed by atoms with van der Waals surface area (Å²) in [5.74, 6) is -1.22. The number of benzene rings is 2. The Morgan fingerprint density at radius 1 is 1.10 bits per heavy atom. The highest BCUT2D eigenvalue weighted by atomic mass is 16.2. The van der Waals surface area contributed by atoms with E-state index in [1.165, 1.54) is 16.7 Å². The zero-order valence-corrected chi connectivity index (χ0v) is 16.6. The lowest BCUT2D eigenvalue weighted by Gasteiger charge is -2.23. The summed E-state index contributed by atoms with van der Waals surface area (Å²) in [7, 11) is 1.82. The van der Waals surface area contributed by atoms with E-state index in [1.54, 1.807) is 0 Å². The van der Waals surface area contributed by atoms with Crippen LogP contribution in [0.15, 0.2) is 36.4 Å². The molecule has 4 N–H and O–H groups in total. The topological polar surface area (TPSA) is 94.1 Å². The predicted octanol–water partition coefficient (Wildman–Crippen LogP) is 2.39. The van der Waals surface area contributed by atoms with Crippen molar-refractivity contribution in [1.82, 2.24) is 10.6 Å². The lowest BCUT2D eigenvalue weighted by atomic mass is 9.87. The molecule has 2 aliphatic rings. The van der Waals surface area contributed by atoms with Crippen LogP contribution >= 0.6 is 0 Å². The number of imide groups is 1. The van der Waals surface area contributed by atoms with E-state index in [0.717, 1.165) is 37.2 Å². The van der Waals surface area contributed by atoms with Crippen LogP contribution in [0.2, 0.25) is 0 Å². The second-order valence-corrected chi connectivity index (χ2v) is 7.75. The van der Waals surface area contributed by atoms with E-state index >= 15 is 0 Å². The van der Waals surface area contributed by atoms with Gasteiger partial charge in [-0.15, -0.1) is 0 Å². The van der Waals surface area contributed by atoms with Gasteiger partial charge in [-0.25, -0.2) is 0 Å². The van der Waals surface area contributed by atoms with Crippen LogP contribution in [0.1, 0.15) is 40.7 Å². The van der Waals surface area contributed by atoms with E-state index in [1.807, 2.05) is 25.2 Å². The number of rotatable bonds is 5. The molecule has 1 fully saturated rings. The van der Waals surface area contributed by atoms with Crippen LogP contribution in [0, 0.1) is 11.3 Å². The molecule has 6 nitrogen and oxygen atoms in total. The maximum atomic E-state index is 12.1. The largest absolute Gasteiger partial charge is 0.388 e. The van der Waals surface area contributed by atoms with E-state index in [4.69, 9.17) is 5.41 Å². The van der Waals surface area contributed by atoms with Crippen LogP contribution in [0.25, 0.3) is 0 Å². The third kappa shape index (κ3) is 4.07. The van der Waals surface area contributed by atoms with Gasteiger partial charge in [0.1, 0.15) is 0 Å². The van der Waals surface area contributed by atoms with Crippen molar-refractivity contribution >= 4 is 23.2 Å². The number of nitrogens with one attached hydrogen (secondary N) is 4. The molecular weight excluding hydrogens is 364 g/mol. The minimum Gasteiger partial charge on any atom is -0.388 e. The van der Waals surface area contributed by atoms with Gasteiger partial charge in [-0.1, -0.05) is 30.3 Å². The average Bonchev–Trinajstić information content (AvgIpc) is 2.73. The summed E-state index contributed by atoms with van der Waals surface area (Å²) in [5.41, 5.74) is 7.01. The second kappa shape index (κ2) is 8.17. The van der Waals surface area contributed by atoms with Gasteiger partial charge in [0, 0.05) is 31.3 Å². The second-order valence-electron chi connectivity index (χ2n) is 7.75. The zero-order chi connectivity index (χ0) is 20.4. The maximum absolute atomic E-state index is 12.1. The summed E-state index contributed by atoms with van der Waals surface area (Å²) in [6.45, 7) is 1.96. The van der Waals surface area contributed by atoms with Gasteiger partial charge in [-0.05, 0) is 54.1 Å². The van der Waals surface area contributed by atoms with Crippen molar-refractivity contribution < 1.29 is 9.59 Å². The summed E-state index contributed by atoms with van der Waals surface area (Å²) in [5, 5.41) is 17.5. The Labute approximate surface area is 170 Å². The van der Waals surface area contributed by atoms with Crippen LogP contribution in [-0.4, -0.2) is 31.1 Å². The molecule has 0 aromatic heterocycles. The Bertz CT molecular complexity index is 983. The van der Waals surface area contributed by atoms with Crippen LogP contribution in [0.3, 0.4) is 0 Å². The average molecular weight is 390 g/mol. The Morgan fingerprint density at radius 2 is 1.90 bits per heavy atom. The Kier molecular flexibility index (Phi) is 5.45. The van der Waals surface area contributed by atoms with Crippen molar-refractivity contribution in [1.29, 1.82) is 5.41 Å². The van der Waals surface area contributed by atoms with Gasteiger partial charge in [-0.3, -0.25) is 14.9 Å². The van der Waals surface area contributed by atoms with E-state index in [0.29, 0.717) is 12.0 Å². The minimum atomic E-state index is -0.584. The molecule has 2 aliphatic heterocycles. The van der Waals surface area contributed by atoms with Crippen molar-refractivity contribution in [2.75, 3.05) is 18.9 Å². The van der Waals surface area contributed by atoms with Crippen LogP contribution < -0.4 is 16.0 Å². The zero-order valence-electron chi connectivity index (χ0n) is 16.6. The molecule has 4 rings (SSSR count). The summed E-state index contributed by atoms with van der Waals surface area (Å²) in [6, 6.07) is 12.7. The monoisotopic (exact) mass is 390 g/mol. The Hall–Kier alpha value is -2.99. The van der Waals surface area contributed by atoms with Gasteiger partial charge in [0.15, 0.2) is 0 Å². The van der Waals surface area contributed by atoms with Gasteiger partial charge in [-0.2, -0.15) is 0 Å². The molecule has 2 heterocycles. The maximum Gasteiger partial charge on any atom is 0.235 e. The number of carbonyl (C=O) groups excluding carboxylic acids is 2. The van der Waals surface area contributed by atoms with Gasteiger partial charge >= 0.3 is 0 Å². The normalized spacial score (nSPS) is 18.7. The molecule has 0 bridgehead atoms. The summed E-state index contributed by atoms with van der Waals surface area (Å²) >= 11 is 0. The molecule has 1 atom stereocenters. The summed E-state index contributed by atoms with van der Waals surface area (Å²) < 4.78 is 0. The molecule has 0 radical (unpaired) electrons. The molecule has 2 amide bonds. The van der Waals surface area contributed by atoms with Crippen molar-refractivity contribution in [3.05, 3.63) is 64.2 Å². The van der Waals surface area contributed by atoms with Crippen molar-refractivity contribution in [2.45, 2.75) is 32.2 Å². The highest BCUT2D eigenvalue weighted by molar-refractivity contribution is 6.17. The number of hydrogen-bond donors (Lipinski definition) is 4. The minimum absolute atomic E-state index is 0.255. The van der Waals surface area contributed by atoms with Gasteiger partial charge < -0.3 is 16.0 Å². The quantitative estimate of drug-likeness (QED) is 0.466. The molecule has 0 saturated carbocycles. The smallest absolute Gasteiger partial charge is 0.235 e. The predicted molar refractivity (Wildman–Crippen MR) is 113 cm³/mol. The van der Waals surface area contributed by atoms with Crippen LogP contribution in [0.4, 0.5) is 5.69 Å². The molecule has 2 aromatic carbocycles. The lowest BCUT2D eigenvalue weighted by Crippen LogP contribution is -2.44. The molecular formula is C23H26N4O2. The number of anilines is 1. The molecule has 1 unspecified atom stereocenters. The fraction of sp³-hybridized carbons (Fsp3) is 0.348. The van der Waals surface area contributed by atoms with Gasteiger partial charge in [0.2, 0.25) is 11.8 Å². The van der Waals surface area contributed by atoms with Crippen molar-refractivity contribution in [2.24, 2.45) is 5.92 Å². The fourth-order valence-electron chi connectivity index (χ4n) is 4.18. The summed E-state index contributed by atoms with van der Waals surface area (Å²) in [4.78, 5) is 23.5. The molecule has 1 saturated heterocycles. The third-order valence-electron chi connectivity index (χ3n) is 5.80. The van der Waals surface area contributed by atoms with E-state index in [2.05, 4.69) is 34.1 Å². The first kappa shape index (κ1) is 19.3. The fourth-order valence-corrected chi connectivity index (χ4v) is 4.18. The number of fused-ring (bicyclic) bond motifs is 1. The molecule has 0 aliphatic carbocycles. The Morgan fingerprint density at radius 3 is 2.69 bits per heavy atom. The van der Waals surface area contributed by atoms with Crippen molar-refractivity contribution in [3.8, 4) is 0 Å². The molecule has 29 heavy (non-hydrogen) atoms. The Balaban J connectivity index is 1.54. The first-order valence-corrected chi connectivity index (χ1v) is 10.1. The number of piperidine rings is 1. The first-order valence-electron chi connectivity index (χ1n) is 10.1. The SMILES string of the molecule is CNc1cc(Cc2ccc3c(c2)CNCC3)ccc1C(=N)C1CCC(=O)NC1=O. The molecule has 6 heteroatoms. The van der Waals surface area contributed by atoms with Gasteiger partial charge in [0.25, 0.3) is 0 Å². The highest BCUT2D eigenvalue weighted by Gasteiger charge is 2.31. The number of carbonyl (C=O) groups is 2. The molecule has 0 spiro atoms. The lowest BCUT2D eigenvalue weighted by molar-refractivity contribution is -0.134. The highest BCUT2D eigenvalue weighted by Crippen LogP contribution is 2.26. The number of hydrogen-bond acceptors (Lipinski definition) is 5. The van der Waals surface area contributed by atoms with Crippen LogP contribution in [0.5, 0.6) is 0 Å². The van der Waals surface area contributed by atoms with Gasteiger partial charge in [0.05, 0.1) is 11.6 Å². The van der Waals surface area contributed by atoms with E-state index < -0.39 is 5.92 Å².